The van der Waals surface area contributed by atoms with Crippen LogP contribution in [0.3, 0.4) is 0 Å². The fourth-order valence-electron chi connectivity index (χ4n) is 1.67. The Bertz CT molecular complexity index is 513. The summed E-state index contributed by atoms with van der Waals surface area (Å²) in [6.07, 6.45) is -0.844. The lowest BCUT2D eigenvalue weighted by molar-refractivity contribution is 0.207. The van der Waals surface area contributed by atoms with Crippen molar-refractivity contribution in [3.63, 3.8) is 0 Å². The van der Waals surface area contributed by atoms with Crippen LogP contribution in [0, 0.1) is 0 Å². The number of aliphatic hydroxyl groups excluding tert-OH is 1. The van der Waals surface area contributed by atoms with Gasteiger partial charge in [0.25, 0.3) is 0 Å². The van der Waals surface area contributed by atoms with Crippen molar-refractivity contribution >= 4 is 21.6 Å². The minimum Gasteiger partial charge on any atom is -0.391 e. The Morgan fingerprint density at radius 3 is 2.71 bits per heavy atom. The van der Waals surface area contributed by atoms with Crippen LogP contribution in [0.1, 0.15) is 5.82 Å². The van der Waals surface area contributed by atoms with Crippen molar-refractivity contribution < 1.29 is 13.5 Å². The Balaban J connectivity index is 2.14. The van der Waals surface area contributed by atoms with Crippen LogP contribution >= 0.6 is 11.8 Å². The molecule has 9 heteroatoms. The number of rotatable bonds is 3. The third-order valence-corrected chi connectivity index (χ3v) is 5.91. The summed E-state index contributed by atoms with van der Waals surface area (Å²) in [5.41, 5.74) is 5.46. The van der Waals surface area contributed by atoms with Gasteiger partial charge in [0, 0.05) is 7.05 Å². The van der Waals surface area contributed by atoms with Crippen molar-refractivity contribution in [1.29, 1.82) is 0 Å². The highest BCUT2D eigenvalue weighted by molar-refractivity contribution is 8.01. The smallest absolute Gasteiger partial charge is 0.191 e. The van der Waals surface area contributed by atoms with E-state index in [1.165, 1.54) is 11.8 Å². The fourth-order valence-corrected chi connectivity index (χ4v) is 5.17. The first-order chi connectivity index (χ1) is 7.93. The van der Waals surface area contributed by atoms with Crippen LogP contribution in [0.4, 0.5) is 0 Å². The summed E-state index contributed by atoms with van der Waals surface area (Å²) in [5, 5.41) is 17.6. The number of thioether (sulfide) groups is 1. The molecule has 2 rings (SSSR count). The van der Waals surface area contributed by atoms with Crippen LogP contribution < -0.4 is 5.73 Å². The number of hydrogen-bond donors (Lipinski definition) is 2. The Kier molecular flexibility index (Phi) is 3.43. The lowest BCUT2D eigenvalue weighted by Gasteiger charge is -2.11. The highest BCUT2D eigenvalue weighted by atomic mass is 32.2. The zero-order valence-corrected chi connectivity index (χ0v) is 10.9. The van der Waals surface area contributed by atoms with Gasteiger partial charge in [-0.05, 0) is 0 Å². The van der Waals surface area contributed by atoms with Gasteiger partial charge in [0.2, 0.25) is 0 Å². The summed E-state index contributed by atoms with van der Waals surface area (Å²) >= 11 is 1.23. The predicted octanol–water partition coefficient (Wildman–Crippen LogP) is -1.48. The van der Waals surface area contributed by atoms with Gasteiger partial charge in [0.1, 0.15) is 5.82 Å². The summed E-state index contributed by atoms with van der Waals surface area (Å²) < 4.78 is 24.4. The molecule has 7 nitrogen and oxygen atoms in total. The van der Waals surface area contributed by atoms with Crippen LogP contribution in [0.25, 0.3) is 0 Å². The second-order valence-electron chi connectivity index (χ2n) is 3.96. The summed E-state index contributed by atoms with van der Waals surface area (Å²) in [4.78, 5) is 0. The van der Waals surface area contributed by atoms with Crippen LogP contribution in [-0.4, -0.2) is 51.1 Å². The third kappa shape index (κ3) is 2.62. The Labute approximate surface area is 103 Å². The number of aliphatic hydroxyl groups is 1. The largest absolute Gasteiger partial charge is 0.391 e. The first kappa shape index (κ1) is 12.8. The second-order valence-corrected chi connectivity index (χ2v) is 7.32. The monoisotopic (exact) mass is 278 g/mol. The minimum absolute atomic E-state index is 0.0242. The summed E-state index contributed by atoms with van der Waals surface area (Å²) in [5.74, 6) is 0.429. The van der Waals surface area contributed by atoms with Gasteiger partial charge in [-0.25, -0.2) is 8.42 Å². The number of aromatic nitrogens is 3. The maximum absolute atomic E-state index is 11.4. The van der Waals surface area contributed by atoms with E-state index in [-0.39, 0.29) is 23.3 Å². The van der Waals surface area contributed by atoms with Crippen molar-refractivity contribution in [2.45, 2.75) is 23.1 Å². The average molecular weight is 278 g/mol. The van der Waals surface area contributed by atoms with Crippen molar-refractivity contribution in [3.05, 3.63) is 5.82 Å². The van der Waals surface area contributed by atoms with Gasteiger partial charge in [0.15, 0.2) is 15.0 Å². The zero-order chi connectivity index (χ0) is 12.6. The minimum atomic E-state index is -3.13. The van der Waals surface area contributed by atoms with Gasteiger partial charge in [-0.1, -0.05) is 11.8 Å². The van der Waals surface area contributed by atoms with Crippen molar-refractivity contribution in [2.75, 3.05) is 11.5 Å². The molecule has 1 aliphatic heterocycles. The van der Waals surface area contributed by atoms with Crippen LogP contribution in [0.5, 0.6) is 0 Å². The lowest BCUT2D eigenvalue weighted by atomic mass is 10.3. The zero-order valence-electron chi connectivity index (χ0n) is 9.28. The van der Waals surface area contributed by atoms with Gasteiger partial charge < -0.3 is 15.4 Å². The van der Waals surface area contributed by atoms with Gasteiger partial charge >= 0.3 is 0 Å². The molecule has 1 aromatic rings. The van der Waals surface area contributed by atoms with Crippen molar-refractivity contribution in [1.82, 2.24) is 14.8 Å². The molecule has 2 heterocycles. The fraction of sp³-hybridized carbons (Fsp3) is 0.750. The molecule has 1 aromatic heterocycles. The molecule has 0 aromatic carbocycles. The second kappa shape index (κ2) is 4.56. The molecule has 2 atom stereocenters. The first-order valence-corrected chi connectivity index (χ1v) is 7.76. The lowest BCUT2D eigenvalue weighted by Crippen LogP contribution is -2.20. The molecular formula is C8H14N4O3S2. The maximum Gasteiger partial charge on any atom is 0.191 e. The van der Waals surface area contributed by atoms with E-state index in [1.807, 2.05) is 0 Å². The van der Waals surface area contributed by atoms with Gasteiger partial charge in [-0.2, -0.15) is 0 Å². The SMILES string of the molecule is Cn1c(CN)nnc1SC1CS(=O)(=O)CC1O. The van der Waals surface area contributed by atoms with Crippen LogP contribution in [0.15, 0.2) is 5.16 Å². The number of sulfone groups is 1. The Morgan fingerprint density at radius 1 is 1.53 bits per heavy atom. The third-order valence-electron chi connectivity index (χ3n) is 2.64. The molecule has 1 fully saturated rings. The van der Waals surface area contributed by atoms with E-state index in [2.05, 4.69) is 10.2 Å². The van der Waals surface area contributed by atoms with E-state index in [1.54, 1.807) is 11.6 Å². The number of nitrogens with two attached hydrogens (primary N) is 1. The molecular weight excluding hydrogens is 264 g/mol. The number of hydrogen-bond acceptors (Lipinski definition) is 7. The molecule has 1 saturated heterocycles. The highest BCUT2D eigenvalue weighted by Gasteiger charge is 2.37. The molecule has 0 spiro atoms. The molecule has 0 saturated carbocycles. The van der Waals surface area contributed by atoms with E-state index < -0.39 is 15.9 Å². The molecule has 0 amide bonds. The quantitative estimate of drug-likeness (QED) is 0.694. The Hall–Kier alpha value is -0.640. The van der Waals surface area contributed by atoms with Gasteiger partial charge in [0.05, 0.1) is 29.4 Å². The molecule has 0 radical (unpaired) electrons. The van der Waals surface area contributed by atoms with E-state index in [9.17, 15) is 13.5 Å². The van der Waals surface area contributed by atoms with Crippen LogP contribution in [0.2, 0.25) is 0 Å². The summed E-state index contributed by atoms with van der Waals surface area (Å²) in [6.45, 7) is 0.273. The normalized spacial score (nSPS) is 27.5. The van der Waals surface area contributed by atoms with Crippen LogP contribution in [-0.2, 0) is 23.4 Å². The van der Waals surface area contributed by atoms with Gasteiger partial charge in [-0.15, -0.1) is 10.2 Å². The molecule has 3 N–H and O–H groups in total. The van der Waals surface area contributed by atoms with Crippen molar-refractivity contribution in [3.8, 4) is 0 Å². The molecule has 2 unspecified atom stereocenters. The summed E-state index contributed by atoms with van der Waals surface area (Å²) in [6, 6.07) is 0. The molecule has 1 aliphatic rings. The van der Waals surface area contributed by atoms with E-state index in [0.717, 1.165) is 0 Å². The first-order valence-electron chi connectivity index (χ1n) is 5.06. The standard InChI is InChI=1S/C8H14N4O3S2/c1-12-7(2-9)10-11-8(12)16-6-4-17(14,15)3-5(6)13/h5-6,13H,2-4,9H2,1H3. The van der Waals surface area contributed by atoms with Gasteiger partial charge in [-0.3, -0.25) is 0 Å². The highest BCUT2D eigenvalue weighted by Crippen LogP contribution is 2.30. The van der Waals surface area contributed by atoms with E-state index >= 15 is 0 Å². The van der Waals surface area contributed by atoms with E-state index in [4.69, 9.17) is 5.73 Å². The maximum atomic E-state index is 11.4. The van der Waals surface area contributed by atoms with E-state index in [0.29, 0.717) is 11.0 Å². The van der Waals surface area contributed by atoms with Crippen molar-refractivity contribution in [2.24, 2.45) is 12.8 Å². The number of nitrogens with zero attached hydrogens (tertiary/aromatic N) is 3. The molecule has 17 heavy (non-hydrogen) atoms. The summed E-state index contributed by atoms with van der Waals surface area (Å²) in [7, 11) is -1.37. The predicted molar refractivity (Wildman–Crippen MR) is 63.2 cm³/mol. The Morgan fingerprint density at radius 2 is 2.24 bits per heavy atom. The average Bonchev–Trinajstić information content (AvgIpc) is 2.69. The topological polar surface area (TPSA) is 111 Å². The molecule has 96 valence electrons. The molecule has 0 bridgehead atoms. The molecule has 0 aliphatic carbocycles.